The first kappa shape index (κ1) is 19.8. The van der Waals surface area contributed by atoms with Crippen molar-refractivity contribution < 1.29 is 14.3 Å². The van der Waals surface area contributed by atoms with Crippen molar-refractivity contribution in [2.24, 2.45) is 0 Å². The highest BCUT2D eigenvalue weighted by Gasteiger charge is 2.34. The van der Waals surface area contributed by atoms with E-state index in [9.17, 15) is 9.59 Å². The predicted octanol–water partition coefficient (Wildman–Crippen LogP) is 3.67. The minimum atomic E-state index is -0.598. The van der Waals surface area contributed by atoms with Gasteiger partial charge in [-0.25, -0.2) is 0 Å². The van der Waals surface area contributed by atoms with Gasteiger partial charge in [-0.1, -0.05) is 24.3 Å². The van der Waals surface area contributed by atoms with Crippen molar-refractivity contribution >= 4 is 39.1 Å². The highest BCUT2D eigenvalue weighted by atomic mass is 79.9. The van der Waals surface area contributed by atoms with Gasteiger partial charge in [-0.3, -0.25) is 9.59 Å². The number of nitrogens with zero attached hydrogens (tertiary/aromatic N) is 2. The molecule has 152 valence electrons. The molecule has 29 heavy (non-hydrogen) atoms. The van der Waals surface area contributed by atoms with Crippen LogP contribution in [0.5, 0.6) is 5.75 Å². The number of likely N-dealkylation sites (tertiary alicyclic amines) is 1. The maximum atomic E-state index is 13.0. The van der Waals surface area contributed by atoms with E-state index in [1.54, 1.807) is 0 Å². The number of carbonyl (C=O) groups is 2. The third kappa shape index (κ3) is 4.56. The molecule has 6 nitrogen and oxygen atoms in total. The molecule has 2 aromatic carbocycles. The molecule has 0 radical (unpaired) electrons. The smallest absolute Gasteiger partial charge is 0.265 e. The summed E-state index contributed by atoms with van der Waals surface area (Å²) < 4.78 is 6.85. The fourth-order valence-electron chi connectivity index (χ4n) is 3.83. The molecule has 0 saturated carbocycles. The molecule has 7 heteroatoms. The summed E-state index contributed by atoms with van der Waals surface area (Å²) in [5, 5.41) is 2.93. The molecule has 2 aliphatic heterocycles. The van der Waals surface area contributed by atoms with E-state index in [0.29, 0.717) is 12.3 Å². The van der Waals surface area contributed by atoms with Gasteiger partial charge in [-0.15, -0.1) is 0 Å². The molecule has 2 aromatic rings. The van der Waals surface area contributed by atoms with E-state index in [0.717, 1.165) is 41.8 Å². The van der Waals surface area contributed by atoms with E-state index in [2.05, 4.69) is 21.2 Å². The third-order valence-corrected chi connectivity index (χ3v) is 5.98. The minimum Gasteiger partial charge on any atom is -0.477 e. The van der Waals surface area contributed by atoms with E-state index in [4.69, 9.17) is 4.74 Å². The Balaban J connectivity index is 1.49. The fraction of sp³-hybridized carbons (Fsp3) is 0.364. The molecule has 1 atom stereocenters. The topological polar surface area (TPSA) is 61.9 Å². The van der Waals surface area contributed by atoms with Crippen LogP contribution in [0.3, 0.4) is 0 Å². The number of fused-ring (bicyclic) bond motifs is 1. The molecular formula is C22H24BrN3O3. The SMILES string of the molecule is O=C(CN1CC(C(=O)N2CCCCC2)Oc2ccccc21)Nc1ccccc1Br. The Morgan fingerprint density at radius 1 is 1.03 bits per heavy atom. The first-order chi connectivity index (χ1) is 14.1. The maximum absolute atomic E-state index is 13.0. The summed E-state index contributed by atoms with van der Waals surface area (Å²) in [5.74, 6) is 0.510. The molecule has 1 saturated heterocycles. The van der Waals surface area contributed by atoms with Crippen molar-refractivity contribution in [1.82, 2.24) is 4.90 Å². The number of hydrogen-bond acceptors (Lipinski definition) is 4. The number of amides is 2. The molecule has 0 aliphatic carbocycles. The van der Waals surface area contributed by atoms with Gasteiger partial charge in [0.05, 0.1) is 24.5 Å². The van der Waals surface area contributed by atoms with E-state index >= 15 is 0 Å². The van der Waals surface area contributed by atoms with Crippen molar-refractivity contribution in [1.29, 1.82) is 0 Å². The van der Waals surface area contributed by atoms with Gasteiger partial charge in [0.15, 0.2) is 6.10 Å². The molecule has 1 unspecified atom stereocenters. The van der Waals surface area contributed by atoms with Gasteiger partial charge in [-0.2, -0.15) is 0 Å². The number of rotatable bonds is 4. The lowest BCUT2D eigenvalue weighted by atomic mass is 10.1. The van der Waals surface area contributed by atoms with E-state index in [-0.39, 0.29) is 18.4 Å². The Morgan fingerprint density at radius 3 is 2.55 bits per heavy atom. The third-order valence-electron chi connectivity index (χ3n) is 5.29. The van der Waals surface area contributed by atoms with Crippen LogP contribution in [0.4, 0.5) is 11.4 Å². The van der Waals surface area contributed by atoms with Gasteiger partial charge in [-0.05, 0) is 59.5 Å². The summed E-state index contributed by atoms with van der Waals surface area (Å²) in [6, 6.07) is 15.1. The number of para-hydroxylation sites is 3. The standard InChI is InChI=1S/C22H24BrN3O3/c23-16-8-2-3-9-17(16)24-21(27)15-26-14-20(22(28)25-12-6-1-7-13-25)29-19-11-5-4-10-18(19)26/h2-5,8-11,20H,1,6-7,12-15H2,(H,24,27). The van der Waals surface area contributed by atoms with Crippen LogP contribution >= 0.6 is 15.9 Å². The zero-order valence-electron chi connectivity index (χ0n) is 16.1. The number of benzene rings is 2. The number of piperidine rings is 1. The van der Waals surface area contributed by atoms with Gasteiger partial charge >= 0.3 is 0 Å². The molecule has 4 rings (SSSR count). The predicted molar refractivity (Wildman–Crippen MR) is 116 cm³/mol. The van der Waals surface area contributed by atoms with Crippen LogP contribution in [-0.4, -0.2) is 49.0 Å². The summed E-state index contributed by atoms with van der Waals surface area (Å²) in [6.45, 7) is 2.06. The van der Waals surface area contributed by atoms with E-state index in [1.165, 1.54) is 6.42 Å². The summed E-state index contributed by atoms with van der Waals surface area (Å²) in [4.78, 5) is 29.5. The second-order valence-corrected chi connectivity index (χ2v) is 8.22. The molecule has 0 bridgehead atoms. The van der Waals surface area contributed by atoms with Crippen molar-refractivity contribution in [2.45, 2.75) is 25.4 Å². The zero-order valence-corrected chi connectivity index (χ0v) is 17.7. The van der Waals surface area contributed by atoms with Crippen LogP contribution in [0, 0.1) is 0 Å². The Hall–Kier alpha value is -2.54. The molecule has 1 fully saturated rings. The second-order valence-electron chi connectivity index (χ2n) is 7.37. The molecule has 1 N–H and O–H groups in total. The largest absolute Gasteiger partial charge is 0.477 e. The van der Waals surface area contributed by atoms with Crippen LogP contribution < -0.4 is 15.0 Å². The summed E-state index contributed by atoms with van der Waals surface area (Å²) in [5.41, 5.74) is 1.55. The molecule has 2 aliphatic rings. The van der Waals surface area contributed by atoms with Crippen molar-refractivity contribution in [3.63, 3.8) is 0 Å². The van der Waals surface area contributed by atoms with Gasteiger partial charge in [0, 0.05) is 17.6 Å². The second kappa shape index (κ2) is 8.86. The van der Waals surface area contributed by atoms with Crippen LogP contribution in [0.2, 0.25) is 0 Å². The number of carbonyl (C=O) groups excluding carboxylic acids is 2. The lowest BCUT2D eigenvalue weighted by Gasteiger charge is -2.38. The number of ether oxygens (including phenoxy) is 1. The van der Waals surface area contributed by atoms with Gasteiger partial charge < -0.3 is 19.9 Å². The monoisotopic (exact) mass is 457 g/mol. The quantitative estimate of drug-likeness (QED) is 0.760. The molecule has 0 spiro atoms. The first-order valence-corrected chi connectivity index (χ1v) is 10.7. The van der Waals surface area contributed by atoms with Crippen LogP contribution in [0.1, 0.15) is 19.3 Å². The van der Waals surface area contributed by atoms with Crippen LogP contribution in [0.15, 0.2) is 53.0 Å². The minimum absolute atomic E-state index is 0.00964. The van der Waals surface area contributed by atoms with Gasteiger partial charge in [0.25, 0.3) is 5.91 Å². The molecule has 0 aromatic heterocycles. The highest BCUT2D eigenvalue weighted by molar-refractivity contribution is 9.10. The van der Waals surface area contributed by atoms with Crippen molar-refractivity contribution in [3.8, 4) is 5.75 Å². The van der Waals surface area contributed by atoms with E-state index < -0.39 is 6.10 Å². The summed E-state index contributed by atoms with van der Waals surface area (Å²) >= 11 is 3.45. The Bertz CT molecular complexity index is 898. The molecular weight excluding hydrogens is 434 g/mol. The van der Waals surface area contributed by atoms with Crippen LogP contribution in [-0.2, 0) is 9.59 Å². The van der Waals surface area contributed by atoms with Crippen molar-refractivity contribution in [2.75, 3.05) is 36.4 Å². The van der Waals surface area contributed by atoms with Crippen LogP contribution in [0.25, 0.3) is 0 Å². The number of halogens is 1. The average Bonchev–Trinajstić information content (AvgIpc) is 2.75. The zero-order chi connectivity index (χ0) is 20.2. The van der Waals surface area contributed by atoms with Gasteiger partial charge in [0.1, 0.15) is 5.75 Å². The highest BCUT2D eigenvalue weighted by Crippen LogP contribution is 2.33. The Kier molecular flexibility index (Phi) is 6.04. The maximum Gasteiger partial charge on any atom is 0.265 e. The Labute approximate surface area is 178 Å². The number of hydrogen-bond donors (Lipinski definition) is 1. The fourth-order valence-corrected chi connectivity index (χ4v) is 4.21. The molecule has 2 heterocycles. The average molecular weight is 458 g/mol. The Morgan fingerprint density at radius 2 is 1.76 bits per heavy atom. The van der Waals surface area contributed by atoms with Gasteiger partial charge in [0.2, 0.25) is 5.91 Å². The summed E-state index contributed by atoms with van der Waals surface area (Å²) in [6.07, 6.45) is 2.64. The lowest BCUT2D eigenvalue weighted by molar-refractivity contribution is -0.139. The number of anilines is 2. The van der Waals surface area contributed by atoms with E-state index in [1.807, 2.05) is 58.3 Å². The number of nitrogens with one attached hydrogen (secondary N) is 1. The first-order valence-electron chi connectivity index (χ1n) is 9.95. The normalized spacial score (nSPS) is 18.6. The molecule has 2 amide bonds. The van der Waals surface area contributed by atoms with Crippen molar-refractivity contribution in [3.05, 3.63) is 53.0 Å². The summed E-state index contributed by atoms with van der Waals surface area (Å²) in [7, 11) is 0. The lowest BCUT2D eigenvalue weighted by Crippen LogP contribution is -2.52.